The van der Waals surface area contributed by atoms with Gasteiger partial charge in [0.1, 0.15) is 11.5 Å². The fourth-order valence-electron chi connectivity index (χ4n) is 5.13. The van der Waals surface area contributed by atoms with E-state index in [2.05, 4.69) is 5.32 Å². The minimum Gasteiger partial charge on any atom is -0.497 e. The molecule has 2 bridgehead atoms. The van der Waals surface area contributed by atoms with Crippen molar-refractivity contribution in [1.29, 1.82) is 0 Å². The van der Waals surface area contributed by atoms with Crippen LogP contribution in [0.5, 0.6) is 11.5 Å². The van der Waals surface area contributed by atoms with E-state index < -0.39 is 24.4 Å². The molecule has 7 heteroatoms. The van der Waals surface area contributed by atoms with Crippen molar-refractivity contribution in [2.45, 2.75) is 19.3 Å². The summed E-state index contributed by atoms with van der Waals surface area (Å²) in [6.07, 6.45) is 2.72. The predicted molar refractivity (Wildman–Crippen MR) is 118 cm³/mol. The van der Waals surface area contributed by atoms with Gasteiger partial charge in [0.15, 0.2) is 12.4 Å². The third-order valence-electron chi connectivity index (χ3n) is 6.58. The lowest BCUT2D eigenvalue weighted by Crippen LogP contribution is -2.37. The smallest absolute Gasteiger partial charge is 0.310 e. The van der Waals surface area contributed by atoms with Crippen LogP contribution in [0.25, 0.3) is 0 Å². The highest BCUT2D eigenvalue weighted by atomic mass is 16.5. The second-order valence-corrected chi connectivity index (χ2v) is 8.34. The largest absolute Gasteiger partial charge is 0.497 e. The number of methoxy groups -OCH3 is 2. The number of carbonyl (C=O) groups is 3. The number of amides is 1. The maximum absolute atomic E-state index is 13.1. The molecule has 0 aromatic heterocycles. The molecule has 1 amide bonds. The Hall–Kier alpha value is -3.35. The van der Waals surface area contributed by atoms with E-state index in [1.54, 1.807) is 30.3 Å². The van der Waals surface area contributed by atoms with Gasteiger partial charge in [0, 0.05) is 17.5 Å². The van der Waals surface area contributed by atoms with Gasteiger partial charge in [0.05, 0.1) is 25.8 Å². The molecule has 2 aromatic rings. The number of hydrogen-bond acceptors (Lipinski definition) is 6. The van der Waals surface area contributed by atoms with Crippen LogP contribution in [-0.2, 0) is 14.3 Å². The molecule has 0 spiro atoms. The molecule has 2 saturated carbocycles. The fraction of sp³-hybridized carbons (Fsp3) is 0.400. The van der Waals surface area contributed by atoms with E-state index in [9.17, 15) is 14.4 Å². The number of rotatable bonds is 8. The van der Waals surface area contributed by atoms with E-state index in [4.69, 9.17) is 14.2 Å². The van der Waals surface area contributed by atoms with Crippen LogP contribution in [0.4, 0.5) is 5.69 Å². The van der Waals surface area contributed by atoms with Gasteiger partial charge in [0.25, 0.3) is 5.91 Å². The SMILES string of the molecule is COc1ccc(OC)c(NC(=O)COC(=O)[C@@H]2[C@H]3CC[C@@H](C3)[C@@H]2C(=O)c2ccccc2)c1. The van der Waals surface area contributed by atoms with Crippen molar-refractivity contribution in [1.82, 2.24) is 0 Å². The first-order valence-corrected chi connectivity index (χ1v) is 10.8. The first-order valence-electron chi connectivity index (χ1n) is 10.8. The lowest BCUT2D eigenvalue weighted by atomic mass is 9.75. The summed E-state index contributed by atoms with van der Waals surface area (Å²) in [4.78, 5) is 38.6. The van der Waals surface area contributed by atoms with Crippen molar-refractivity contribution in [2.75, 3.05) is 26.1 Å². The monoisotopic (exact) mass is 437 g/mol. The van der Waals surface area contributed by atoms with Crippen LogP contribution in [0.3, 0.4) is 0 Å². The first kappa shape index (κ1) is 21.9. The van der Waals surface area contributed by atoms with E-state index in [0.717, 1.165) is 19.3 Å². The summed E-state index contributed by atoms with van der Waals surface area (Å²) in [5.74, 6) is -0.504. The van der Waals surface area contributed by atoms with E-state index in [0.29, 0.717) is 22.7 Å². The number of nitrogens with one attached hydrogen (secondary N) is 1. The topological polar surface area (TPSA) is 90.9 Å². The Balaban J connectivity index is 1.41. The second-order valence-electron chi connectivity index (χ2n) is 8.34. The van der Waals surface area contributed by atoms with Gasteiger partial charge in [-0.3, -0.25) is 14.4 Å². The summed E-state index contributed by atoms with van der Waals surface area (Å²) >= 11 is 0. The number of fused-ring (bicyclic) bond motifs is 2. The molecule has 0 unspecified atom stereocenters. The Morgan fingerprint density at radius 3 is 2.34 bits per heavy atom. The van der Waals surface area contributed by atoms with Crippen molar-refractivity contribution < 1.29 is 28.6 Å². The molecule has 2 aliphatic rings. The molecule has 1 N–H and O–H groups in total. The van der Waals surface area contributed by atoms with Gasteiger partial charge in [-0.15, -0.1) is 0 Å². The number of esters is 1. The van der Waals surface area contributed by atoms with Gasteiger partial charge in [-0.05, 0) is 43.2 Å². The van der Waals surface area contributed by atoms with Crippen LogP contribution >= 0.6 is 0 Å². The molecule has 4 atom stereocenters. The molecule has 2 fully saturated rings. The standard InChI is InChI=1S/C25H27NO6/c1-30-18-10-11-20(31-2)19(13-18)26-21(27)14-32-25(29)23-17-9-8-16(12-17)22(23)24(28)15-6-4-3-5-7-15/h3-7,10-11,13,16-17,22-23H,8-9,12,14H2,1-2H3,(H,26,27)/t16-,17-,22-,23+/m0/s1. The molecule has 0 saturated heterocycles. The van der Waals surface area contributed by atoms with Gasteiger partial charge >= 0.3 is 5.97 Å². The average Bonchev–Trinajstić information content (AvgIpc) is 3.44. The van der Waals surface area contributed by atoms with Crippen LogP contribution in [0.2, 0.25) is 0 Å². The summed E-state index contributed by atoms with van der Waals surface area (Å²) in [6, 6.07) is 14.1. The highest BCUT2D eigenvalue weighted by molar-refractivity contribution is 6.01. The molecule has 2 aromatic carbocycles. The lowest BCUT2D eigenvalue weighted by Gasteiger charge is -2.28. The summed E-state index contributed by atoms with van der Waals surface area (Å²) in [5.41, 5.74) is 1.04. The first-order chi connectivity index (χ1) is 15.5. The minimum atomic E-state index is -0.499. The molecule has 32 heavy (non-hydrogen) atoms. The summed E-state index contributed by atoms with van der Waals surface area (Å²) in [6.45, 7) is -0.431. The van der Waals surface area contributed by atoms with Crippen LogP contribution in [-0.4, -0.2) is 38.5 Å². The van der Waals surface area contributed by atoms with Gasteiger partial charge in [-0.1, -0.05) is 30.3 Å². The van der Waals surface area contributed by atoms with Crippen LogP contribution < -0.4 is 14.8 Å². The van der Waals surface area contributed by atoms with Crippen LogP contribution in [0.15, 0.2) is 48.5 Å². The Bertz CT molecular complexity index is 1000. The molecule has 2 aliphatic carbocycles. The number of ketones is 1. The van der Waals surface area contributed by atoms with Crippen LogP contribution in [0, 0.1) is 23.7 Å². The third-order valence-corrected chi connectivity index (χ3v) is 6.58. The Kier molecular flexibility index (Phi) is 6.44. The van der Waals surface area contributed by atoms with E-state index in [1.807, 2.05) is 18.2 Å². The predicted octanol–water partition coefficient (Wildman–Crippen LogP) is 3.73. The van der Waals surface area contributed by atoms with E-state index in [1.165, 1.54) is 14.2 Å². The average molecular weight is 437 g/mol. The number of ether oxygens (including phenoxy) is 3. The second kappa shape index (κ2) is 9.42. The lowest BCUT2D eigenvalue weighted by molar-refractivity contribution is -0.154. The Morgan fingerprint density at radius 1 is 0.938 bits per heavy atom. The van der Waals surface area contributed by atoms with E-state index in [-0.39, 0.29) is 23.5 Å². The molecule has 168 valence electrons. The molecule has 0 heterocycles. The maximum atomic E-state index is 13.1. The zero-order valence-electron chi connectivity index (χ0n) is 18.2. The van der Waals surface area contributed by atoms with Crippen molar-refractivity contribution in [3.8, 4) is 11.5 Å². The number of anilines is 1. The number of Topliss-reactive ketones (excluding diaryl/α,β-unsaturated/α-hetero) is 1. The minimum absolute atomic E-state index is 0.00896. The normalized spacial score (nSPS) is 23.4. The zero-order valence-corrected chi connectivity index (χ0v) is 18.2. The molecular formula is C25H27NO6. The van der Waals surface area contributed by atoms with Crippen molar-refractivity contribution in [3.63, 3.8) is 0 Å². The third kappa shape index (κ3) is 4.33. The van der Waals surface area contributed by atoms with E-state index >= 15 is 0 Å². The van der Waals surface area contributed by atoms with Crippen molar-refractivity contribution in [3.05, 3.63) is 54.1 Å². The summed E-state index contributed by atoms with van der Waals surface area (Å²) < 4.78 is 15.8. The summed E-state index contributed by atoms with van der Waals surface area (Å²) in [5, 5.41) is 2.69. The van der Waals surface area contributed by atoms with Crippen molar-refractivity contribution in [2.24, 2.45) is 23.7 Å². The highest BCUT2D eigenvalue weighted by Crippen LogP contribution is 2.53. The number of hydrogen-bond donors (Lipinski definition) is 1. The quantitative estimate of drug-likeness (QED) is 0.500. The molecule has 7 nitrogen and oxygen atoms in total. The molecule has 0 aliphatic heterocycles. The Morgan fingerprint density at radius 2 is 1.66 bits per heavy atom. The van der Waals surface area contributed by atoms with Gasteiger partial charge < -0.3 is 19.5 Å². The Labute approximate surface area is 187 Å². The zero-order chi connectivity index (χ0) is 22.7. The van der Waals surface area contributed by atoms with Crippen LogP contribution in [0.1, 0.15) is 29.6 Å². The molecular weight excluding hydrogens is 410 g/mol. The van der Waals surface area contributed by atoms with Gasteiger partial charge in [-0.25, -0.2) is 0 Å². The number of benzene rings is 2. The van der Waals surface area contributed by atoms with Gasteiger partial charge in [-0.2, -0.15) is 0 Å². The highest BCUT2D eigenvalue weighted by Gasteiger charge is 2.54. The number of carbonyl (C=O) groups excluding carboxylic acids is 3. The molecule has 0 radical (unpaired) electrons. The maximum Gasteiger partial charge on any atom is 0.310 e. The van der Waals surface area contributed by atoms with Crippen molar-refractivity contribution >= 4 is 23.3 Å². The van der Waals surface area contributed by atoms with Gasteiger partial charge in [0.2, 0.25) is 0 Å². The summed E-state index contributed by atoms with van der Waals surface area (Å²) in [7, 11) is 3.02. The molecule has 4 rings (SSSR count). The fourth-order valence-corrected chi connectivity index (χ4v) is 5.13.